The Hall–Kier alpha value is -1.56. The van der Waals surface area contributed by atoms with Crippen LogP contribution < -0.4 is 0 Å². The van der Waals surface area contributed by atoms with Crippen molar-refractivity contribution in [3.63, 3.8) is 0 Å². The molecule has 2 aromatic rings. The molecule has 4 rings (SSSR count). The number of hydrogen-bond acceptors (Lipinski definition) is 0. The van der Waals surface area contributed by atoms with E-state index < -0.39 is 0 Å². The van der Waals surface area contributed by atoms with Gasteiger partial charge in [0, 0.05) is 0 Å². The fraction of sp³-hybridized carbons (Fsp3) is 0.667. The van der Waals surface area contributed by atoms with Crippen LogP contribution in [0, 0.1) is 17.8 Å². The van der Waals surface area contributed by atoms with Crippen molar-refractivity contribution < 1.29 is 0 Å². The van der Waals surface area contributed by atoms with Crippen molar-refractivity contribution in [2.45, 2.75) is 135 Å². The summed E-state index contributed by atoms with van der Waals surface area (Å²) < 4.78 is 0. The van der Waals surface area contributed by atoms with Gasteiger partial charge in [0.25, 0.3) is 0 Å². The zero-order chi connectivity index (χ0) is 25.0. The molecule has 0 spiro atoms. The van der Waals surface area contributed by atoms with Crippen molar-refractivity contribution in [1.29, 1.82) is 0 Å². The Kier molecular flexibility index (Phi) is 11.4. The van der Waals surface area contributed by atoms with Crippen LogP contribution in [0.4, 0.5) is 0 Å². The van der Waals surface area contributed by atoms with Crippen molar-refractivity contribution in [3.05, 3.63) is 59.7 Å². The Morgan fingerprint density at radius 1 is 0.500 bits per heavy atom. The molecule has 2 aliphatic carbocycles. The van der Waals surface area contributed by atoms with E-state index in [9.17, 15) is 0 Å². The second-order valence-electron chi connectivity index (χ2n) is 12.5. The van der Waals surface area contributed by atoms with Crippen LogP contribution >= 0.6 is 0 Å². The van der Waals surface area contributed by atoms with E-state index in [1.54, 1.807) is 5.56 Å². The Balaban J connectivity index is 1.18. The van der Waals surface area contributed by atoms with E-state index >= 15 is 0 Å². The second-order valence-corrected chi connectivity index (χ2v) is 12.5. The monoisotopic (exact) mass is 486 g/mol. The van der Waals surface area contributed by atoms with Gasteiger partial charge in [-0.2, -0.15) is 0 Å². The van der Waals surface area contributed by atoms with Crippen molar-refractivity contribution in [3.8, 4) is 11.1 Å². The predicted octanol–water partition coefficient (Wildman–Crippen LogP) is 11.5. The van der Waals surface area contributed by atoms with Gasteiger partial charge in [0.15, 0.2) is 0 Å². The highest BCUT2D eigenvalue weighted by molar-refractivity contribution is 5.64. The third kappa shape index (κ3) is 8.49. The first-order valence-corrected chi connectivity index (χ1v) is 15.9. The third-order valence-corrected chi connectivity index (χ3v) is 9.74. The number of unbranched alkanes of at least 4 members (excludes halogenated alkanes) is 4. The Labute approximate surface area is 223 Å². The number of aryl methyl sites for hydroxylation is 1. The maximum atomic E-state index is 2.42. The van der Waals surface area contributed by atoms with Crippen molar-refractivity contribution in [2.24, 2.45) is 17.8 Å². The summed E-state index contributed by atoms with van der Waals surface area (Å²) in [6.45, 7) is 4.65. The molecular weight excluding hydrogens is 432 g/mol. The second kappa shape index (κ2) is 15.0. The lowest BCUT2D eigenvalue weighted by Crippen LogP contribution is -2.15. The molecule has 0 heterocycles. The molecule has 2 aliphatic rings. The van der Waals surface area contributed by atoms with E-state index in [1.165, 1.54) is 132 Å². The summed E-state index contributed by atoms with van der Waals surface area (Å²) in [5, 5.41) is 0. The van der Waals surface area contributed by atoms with Crippen LogP contribution in [0.15, 0.2) is 48.5 Å². The topological polar surface area (TPSA) is 0 Å². The lowest BCUT2D eigenvalue weighted by Gasteiger charge is -2.29. The zero-order valence-corrected chi connectivity index (χ0v) is 23.7. The fourth-order valence-electron chi connectivity index (χ4n) is 7.22. The molecule has 198 valence electrons. The van der Waals surface area contributed by atoms with E-state index in [4.69, 9.17) is 0 Å². The highest BCUT2D eigenvalue weighted by Gasteiger charge is 2.22. The molecule has 0 amide bonds. The van der Waals surface area contributed by atoms with E-state index in [1.807, 2.05) is 0 Å². The molecule has 0 bridgehead atoms. The Morgan fingerprint density at radius 3 is 1.64 bits per heavy atom. The van der Waals surface area contributed by atoms with Gasteiger partial charge >= 0.3 is 0 Å². The van der Waals surface area contributed by atoms with Gasteiger partial charge in [0.05, 0.1) is 0 Å². The number of hydrogen-bond donors (Lipinski definition) is 0. The first-order chi connectivity index (χ1) is 17.7. The summed E-state index contributed by atoms with van der Waals surface area (Å²) in [5.41, 5.74) is 5.84. The van der Waals surface area contributed by atoms with Gasteiger partial charge in [-0.05, 0) is 84.5 Å². The van der Waals surface area contributed by atoms with Gasteiger partial charge in [0.1, 0.15) is 0 Å². The first-order valence-electron chi connectivity index (χ1n) is 15.9. The molecule has 0 aliphatic heterocycles. The summed E-state index contributed by atoms with van der Waals surface area (Å²) in [6, 6.07) is 19.1. The third-order valence-electron chi connectivity index (χ3n) is 9.74. The molecule has 2 saturated carbocycles. The average Bonchev–Trinajstić information content (AvgIpc) is 2.93. The van der Waals surface area contributed by atoms with E-state index in [-0.39, 0.29) is 0 Å². The van der Waals surface area contributed by atoms with Gasteiger partial charge in [-0.3, -0.25) is 0 Å². The molecule has 0 saturated heterocycles. The van der Waals surface area contributed by atoms with Gasteiger partial charge in [-0.15, -0.1) is 0 Å². The van der Waals surface area contributed by atoms with Crippen LogP contribution in [0.25, 0.3) is 11.1 Å². The SMILES string of the molecule is CCCCCCCC1CCC(c2ccc(-c3ccc(CCC4CCC(CCC)CC4)cc3)cc2)CC1. The van der Waals surface area contributed by atoms with Gasteiger partial charge < -0.3 is 0 Å². The molecule has 2 fully saturated rings. The van der Waals surface area contributed by atoms with Crippen LogP contribution in [0.5, 0.6) is 0 Å². The minimum Gasteiger partial charge on any atom is -0.0654 e. The highest BCUT2D eigenvalue weighted by atomic mass is 14.3. The molecule has 0 unspecified atom stereocenters. The molecule has 0 atom stereocenters. The van der Waals surface area contributed by atoms with Crippen molar-refractivity contribution in [1.82, 2.24) is 0 Å². The van der Waals surface area contributed by atoms with Crippen LogP contribution in [0.2, 0.25) is 0 Å². The standard InChI is InChI=1S/C36H54/c1-3-5-6-7-8-10-30-17-21-33(22-18-30)35-25-27-36(28-26-35)34-23-19-32(20-24-34)16-15-31-13-11-29(9-4-2)12-14-31/h19-20,23-31,33H,3-18,21-22H2,1-2H3. The van der Waals surface area contributed by atoms with E-state index in [0.717, 1.165) is 23.7 Å². The smallest absolute Gasteiger partial charge is 0.0162 e. The zero-order valence-electron chi connectivity index (χ0n) is 23.7. The molecule has 0 N–H and O–H groups in total. The molecule has 36 heavy (non-hydrogen) atoms. The lowest BCUT2D eigenvalue weighted by molar-refractivity contribution is 0.252. The minimum atomic E-state index is 0.787. The summed E-state index contributed by atoms with van der Waals surface area (Å²) in [6.07, 6.45) is 25.7. The molecule has 0 heteroatoms. The maximum Gasteiger partial charge on any atom is -0.0162 e. The summed E-state index contributed by atoms with van der Waals surface area (Å²) in [4.78, 5) is 0. The van der Waals surface area contributed by atoms with Crippen LogP contribution in [0.3, 0.4) is 0 Å². The minimum absolute atomic E-state index is 0.787. The molecule has 0 aromatic heterocycles. The van der Waals surface area contributed by atoms with E-state index in [2.05, 4.69) is 62.4 Å². The summed E-state index contributed by atoms with van der Waals surface area (Å²) in [7, 11) is 0. The fourth-order valence-corrected chi connectivity index (χ4v) is 7.22. The van der Waals surface area contributed by atoms with Gasteiger partial charge in [-0.1, -0.05) is 139 Å². The summed E-state index contributed by atoms with van der Waals surface area (Å²) in [5.74, 6) is 3.77. The average molecular weight is 487 g/mol. The normalized spacial score (nSPS) is 24.6. The Morgan fingerprint density at radius 2 is 1.03 bits per heavy atom. The van der Waals surface area contributed by atoms with Crippen LogP contribution in [-0.4, -0.2) is 0 Å². The largest absolute Gasteiger partial charge is 0.0654 e. The molecule has 2 aromatic carbocycles. The maximum absolute atomic E-state index is 2.42. The number of rotatable bonds is 13. The Bertz CT molecular complexity index is 829. The molecule has 0 radical (unpaired) electrons. The number of benzene rings is 2. The molecule has 0 nitrogen and oxygen atoms in total. The van der Waals surface area contributed by atoms with Crippen molar-refractivity contribution in [2.75, 3.05) is 0 Å². The molecular formula is C36H54. The lowest BCUT2D eigenvalue weighted by atomic mass is 9.77. The first kappa shape index (κ1) is 27.5. The van der Waals surface area contributed by atoms with Crippen molar-refractivity contribution >= 4 is 0 Å². The predicted molar refractivity (Wildman–Crippen MR) is 159 cm³/mol. The van der Waals surface area contributed by atoms with Gasteiger partial charge in [0.2, 0.25) is 0 Å². The van der Waals surface area contributed by atoms with Gasteiger partial charge in [-0.25, -0.2) is 0 Å². The highest BCUT2D eigenvalue weighted by Crippen LogP contribution is 2.38. The summed E-state index contributed by atoms with van der Waals surface area (Å²) >= 11 is 0. The van der Waals surface area contributed by atoms with Crippen LogP contribution in [0.1, 0.15) is 140 Å². The van der Waals surface area contributed by atoms with E-state index in [0.29, 0.717) is 0 Å². The van der Waals surface area contributed by atoms with Crippen LogP contribution in [-0.2, 0) is 6.42 Å². The quantitative estimate of drug-likeness (QED) is 0.247.